The smallest absolute Gasteiger partial charge is 0.237 e. The Morgan fingerprint density at radius 3 is 2.71 bits per heavy atom. The van der Waals surface area contributed by atoms with Crippen LogP contribution in [0.2, 0.25) is 0 Å². The van der Waals surface area contributed by atoms with Crippen LogP contribution in [-0.4, -0.2) is 36.1 Å². The molecule has 1 aromatic rings. The number of rotatable bonds is 5. The van der Waals surface area contributed by atoms with E-state index in [-0.39, 0.29) is 18.0 Å². The third-order valence-electron chi connectivity index (χ3n) is 3.88. The molecule has 1 saturated heterocycles. The highest BCUT2D eigenvalue weighted by Gasteiger charge is 2.23. The quantitative estimate of drug-likeness (QED) is 0.863. The molecule has 116 valence electrons. The van der Waals surface area contributed by atoms with Crippen molar-refractivity contribution in [3.05, 3.63) is 24.4 Å². The van der Waals surface area contributed by atoms with Gasteiger partial charge in [0.25, 0.3) is 0 Å². The molecule has 5 heteroatoms. The Bertz CT molecular complexity index is 441. The maximum Gasteiger partial charge on any atom is 0.237 e. The Kier molecular flexibility index (Phi) is 5.56. The molecule has 0 spiro atoms. The first-order chi connectivity index (χ1) is 10.1. The first-order valence-electron chi connectivity index (χ1n) is 7.78. The summed E-state index contributed by atoms with van der Waals surface area (Å²) in [6.45, 7) is 6.00. The molecule has 0 radical (unpaired) electrons. The van der Waals surface area contributed by atoms with Crippen LogP contribution in [0.3, 0.4) is 0 Å². The van der Waals surface area contributed by atoms with Crippen LogP contribution in [0, 0.1) is 5.92 Å². The van der Waals surface area contributed by atoms with Crippen molar-refractivity contribution in [2.45, 2.75) is 45.2 Å². The molecule has 0 bridgehead atoms. The number of carbonyl (C=O) groups excluding carboxylic acids is 1. The first-order valence-corrected chi connectivity index (χ1v) is 7.78. The highest BCUT2D eigenvalue weighted by atomic mass is 16.2. The number of nitrogens with zero attached hydrogens (tertiary/aromatic N) is 2. The first kappa shape index (κ1) is 15.8. The molecule has 3 N–H and O–H groups in total. The fraction of sp³-hybridized carbons (Fsp3) is 0.625. The van der Waals surface area contributed by atoms with E-state index in [1.54, 1.807) is 0 Å². The van der Waals surface area contributed by atoms with E-state index in [2.05, 4.69) is 29.0 Å². The van der Waals surface area contributed by atoms with Gasteiger partial charge in [-0.3, -0.25) is 4.79 Å². The lowest BCUT2D eigenvalue weighted by Gasteiger charge is -2.33. The van der Waals surface area contributed by atoms with Crippen LogP contribution >= 0.6 is 0 Å². The maximum atomic E-state index is 12.0. The number of piperidine rings is 1. The van der Waals surface area contributed by atoms with E-state index >= 15 is 0 Å². The third-order valence-corrected chi connectivity index (χ3v) is 3.88. The fourth-order valence-electron chi connectivity index (χ4n) is 2.72. The molecule has 0 aromatic carbocycles. The SMILES string of the molecule is CC(C)C[C@@H](N)C(=O)NC1CCN(c2ccccn2)CC1. The molecule has 1 amide bonds. The molecule has 2 rings (SSSR count). The van der Waals surface area contributed by atoms with Crippen LogP contribution in [0.25, 0.3) is 0 Å². The summed E-state index contributed by atoms with van der Waals surface area (Å²) in [5, 5.41) is 3.08. The Hall–Kier alpha value is -1.62. The van der Waals surface area contributed by atoms with Crippen molar-refractivity contribution in [2.75, 3.05) is 18.0 Å². The van der Waals surface area contributed by atoms with E-state index in [1.165, 1.54) is 0 Å². The van der Waals surface area contributed by atoms with Gasteiger partial charge < -0.3 is 16.0 Å². The summed E-state index contributed by atoms with van der Waals surface area (Å²) in [5.74, 6) is 1.44. The van der Waals surface area contributed by atoms with E-state index < -0.39 is 0 Å². The van der Waals surface area contributed by atoms with Crippen molar-refractivity contribution in [3.63, 3.8) is 0 Å². The second-order valence-electron chi connectivity index (χ2n) is 6.19. The molecule has 1 aliphatic rings. The predicted molar refractivity (Wildman–Crippen MR) is 85.0 cm³/mol. The van der Waals surface area contributed by atoms with Gasteiger partial charge >= 0.3 is 0 Å². The summed E-state index contributed by atoms with van der Waals surface area (Å²) in [6, 6.07) is 5.79. The minimum atomic E-state index is -0.390. The van der Waals surface area contributed by atoms with Gasteiger partial charge in [-0.05, 0) is 37.3 Å². The van der Waals surface area contributed by atoms with E-state index in [9.17, 15) is 4.79 Å². The molecule has 1 aromatic heterocycles. The molecule has 0 aliphatic carbocycles. The van der Waals surface area contributed by atoms with Gasteiger partial charge in [0.2, 0.25) is 5.91 Å². The summed E-state index contributed by atoms with van der Waals surface area (Å²) in [6.07, 6.45) is 4.43. The maximum absolute atomic E-state index is 12.0. The molecule has 1 fully saturated rings. The number of hydrogen-bond donors (Lipinski definition) is 2. The van der Waals surface area contributed by atoms with Crippen molar-refractivity contribution in [1.29, 1.82) is 0 Å². The zero-order valence-corrected chi connectivity index (χ0v) is 13.0. The molecular weight excluding hydrogens is 264 g/mol. The van der Waals surface area contributed by atoms with Crippen LogP contribution in [-0.2, 0) is 4.79 Å². The summed E-state index contributed by atoms with van der Waals surface area (Å²) in [4.78, 5) is 18.7. The number of aromatic nitrogens is 1. The normalized spacial score (nSPS) is 17.8. The van der Waals surface area contributed by atoms with Crippen LogP contribution in [0.4, 0.5) is 5.82 Å². The van der Waals surface area contributed by atoms with Crippen LogP contribution in [0.15, 0.2) is 24.4 Å². The van der Waals surface area contributed by atoms with Crippen LogP contribution in [0.1, 0.15) is 33.1 Å². The van der Waals surface area contributed by atoms with E-state index in [0.717, 1.165) is 38.2 Å². The second kappa shape index (κ2) is 7.41. The van der Waals surface area contributed by atoms with Gasteiger partial charge in [0.05, 0.1) is 6.04 Å². The zero-order valence-electron chi connectivity index (χ0n) is 13.0. The lowest BCUT2D eigenvalue weighted by Crippen LogP contribution is -2.50. The summed E-state index contributed by atoms with van der Waals surface area (Å²) in [5.41, 5.74) is 5.92. The van der Waals surface area contributed by atoms with Gasteiger partial charge in [-0.25, -0.2) is 4.98 Å². The van der Waals surface area contributed by atoms with Gasteiger partial charge in [0.1, 0.15) is 5.82 Å². The van der Waals surface area contributed by atoms with Crippen LogP contribution < -0.4 is 16.0 Å². The summed E-state index contributed by atoms with van der Waals surface area (Å²) >= 11 is 0. The highest BCUT2D eigenvalue weighted by Crippen LogP contribution is 2.17. The van der Waals surface area contributed by atoms with Gasteiger partial charge in [-0.1, -0.05) is 19.9 Å². The topological polar surface area (TPSA) is 71.2 Å². The van der Waals surface area contributed by atoms with Crippen molar-refractivity contribution in [3.8, 4) is 0 Å². The van der Waals surface area contributed by atoms with Crippen molar-refractivity contribution < 1.29 is 4.79 Å². The number of carbonyl (C=O) groups is 1. The highest BCUT2D eigenvalue weighted by molar-refractivity contribution is 5.81. The standard InChI is InChI=1S/C16H26N4O/c1-12(2)11-14(17)16(21)19-13-6-9-20(10-7-13)15-5-3-4-8-18-15/h3-5,8,12-14H,6-7,9-11,17H2,1-2H3,(H,19,21)/t14-/m1/s1. The van der Waals surface area contributed by atoms with E-state index in [0.29, 0.717) is 5.92 Å². The minimum absolute atomic E-state index is 0.0139. The molecule has 0 saturated carbocycles. The summed E-state index contributed by atoms with van der Waals surface area (Å²) < 4.78 is 0. The number of nitrogens with one attached hydrogen (secondary N) is 1. The van der Waals surface area contributed by atoms with Gasteiger partial charge in [0.15, 0.2) is 0 Å². The molecule has 21 heavy (non-hydrogen) atoms. The molecular formula is C16H26N4O. The van der Waals surface area contributed by atoms with E-state index in [1.807, 2.05) is 24.4 Å². The monoisotopic (exact) mass is 290 g/mol. The second-order valence-corrected chi connectivity index (χ2v) is 6.19. The number of hydrogen-bond acceptors (Lipinski definition) is 4. The number of nitrogens with two attached hydrogens (primary N) is 1. The van der Waals surface area contributed by atoms with Gasteiger partial charge in [-0.2, -0.15) is 0 Å². The predicted octanol–water partition coefficient (Wildman–Crippen LogP) is 1.54. The Morgan fingerprint density at radius 2 is 2.14 bits per heavy atom. The van der Waals surface area contributed by atoms with Crippen molar-refractivity contribution in [2.24, 2.45) is 11.7 Å². The fourth-order valence-corrected chi connectivity index (χ4v) is 2.72. The molecule has 2 heterocycles. The summed E-state index contributed by atoms with van der Waals surface area (Å²) in [7, 11) is 0. The zero-order chi connectivity index (χ0) is 15.2. The number of anilines is 1. The van der Waals surface area contributed by atoms with Gasteiger partial charge in [-0.15, -0.1) is 0 Å². The average molecular weight is 290 g/mol. The Morgan fingerprint density at radius 1 is 1.43 bits per heavy atom. The molecule has 0 unspecified atom stereocenters. The third kappa shape index (κ3) is 4.70. The van der Waals surface area contributed by atoms with Crippen molar-refractivity contribution >= 4 is 11.7 Å². The molecule has 1 atom stereocenters. The van der Waals surface area contributed by atoms with Crippen molar-refractivity contribution in [1.82, 2.24) is 10.3 Å². The van der Waals surface area contributed by atoms with E-state index in [4.69, 9.17) is 5.73 Å². The Labute approximate surface area is 126 Å². The molecule has 1 aliphatic heterocycles. The van der Waals surface area contributed by atoms with Gasteiger partial charge in [0, 0.05) is 25.3 Å². The lowest BCUT2D eigenvalue weighted by molar-refractivity contribution is -0.123. The average Bonchev–Trinajstić information content (AvgIpc) is 2.48. The lowest BCUT2D eigenvalue weighted by atomic mass is 10.0. The number of pyridine rings is 1. The minimum Gasteiger partial charge on any atom is -0.356 e. The molecule has 5 nitrogen and oxygen atoms in total. The van der Waals surface area contributed by atoms with Crippen LogP contribution in [0.5, 0.6) is 0 Å². The Balaban J connectivity index is 1.78. The largest absolute Gasteiger partial charge is 0.356 e. The number of amides is 1.